The lowest BCUT2D eigenvalue weighted by molar-refractivity contribution is -0.137. The number of carboxylic acids is 1. The third-order valence-electron chi connectivity index (χ3n) is 5.00. The molecule has 3 rings (SSSR count). The fraction of sp³-hybridized carbons (Fsp3) is 0.333. The largest absolute Gasteiger partial charge is 0.481 e. The van der Waals surface area contributed by atoms with Crippen LogP contribution in [0.2, 0.25) is 0 Å². The molecule has 7 heteroatoms. The zero-order valence-corrected chi connectivity index (χ0v) is 16.6. The zero-order valence-electron chi connectivity index (χ0n) is 15.8. The molecule has 0 saturated carbocycles. The lowest BCUT2D eigenvalue weighted by Gasteiger charge is -2.40. The van der Waals surface area contributed by atoms with E-state index < -0.39 is 5.97 Å². The Morgan fingerprint density at radius 1 is 1.43 bits per heavy atom. The summed E-state index contributed by atoms with van der Waals surface area (Å²) in [5, 5.41) is 20.8. The highest BCUT2D eigenvalue weighted by molar-refractivity contribution is 7.10. The molecule has 2 aromatic rings. The first-order valence-corrected chi connectivity index (χ1v) is 9.96. The van der Waals surface area contributed by atoms with E-state index in [1.807, 2.05) is 38.1 Å². The molecule has 2 unspecified atom stereocenters. The standard InChI is InChI=1S/C21H21N3O3S/c1-13-9-16-10-15(4-6-20(25)26)3-5-18(16)14(2)24(13)21(27)17(12-22)11-19-23-7-8-28-19/h3,5,7-8,10-11,13-14H,4,6,9H2,1-2H3,(H,25,26)/b17-11+. The lowest BCUT2D eigenvalue weighted by Crippen LogP contribution is -2.45. The summed E-state index contributed by atoms with van der Waals surface area (Å²) in [4.78, 5) is 29.8. The lowest BCUT2D eigenvalue weighted by atomic mass is 9.87. The molecular weight excluding hydrogens is 374 g/mol. The first kappa shape index (κ1) is 19.8. The van der Waals surface area contributed by atoms with Crippen molar-refractivity contribution in [2.75, 3.05) is 0 Å². The van der Waals surface area contributed by atoms with Crippen LogP contribution in [0, 0.1) is 11.3 Å². The Bertz CT molecular complexity index is 960. The fourth-order valence-electron chi connectivity index (χ4n) is 3.68. The van der Waals surface area contributed by atoms with Gasteiger partial charge in [-0.05, 0) is 49.5 Å². The van der Waals surface area contributed by atoms with Gasteiger partial charge in [0, 0.05) is 24.0 Å². The first-order chi connectivity index (χ1) is 13.4. The van der Waals surface area contributed by atoms with Crippen molar-refractivity contribution in [3.05, 3.63) is 57.0 Å². The highest BCUT2D eigenvalue weighted by Gasteiger charge is 2.34. The van der Waals surface area contributed by atoms with Gasteiger partial charge in [-0.2, -0.15) is 5.26 Å². The molecule has 1 aliphatic heterocycles. The smallest absolute Gasteiger partial charge is 0.303 e. The van der Waals surface area contributed by atoms with Crippen LogP contribution in [0.25, 0.3) is 6.08 Å². The number of nitrogens with zero attached hydrogens (tertiary/aromatic N) is 3. The molecule has 2 heterocycles. The number of aliphatic carboxylic acids is 1. The number of hydrogen-bond donors (Lipinski definition) is 1. The van der Waals surface area contributed by atoms with Crippen molar-refractivity contribution in [3.8, 4) is 6.07 Å². The molecule has 0 fully saturated rings. The maximum Gasteiger partial charge on any atom is 0.303 e. The summed E-state index contributed by atoms with van der Waals surface area (Å²) in [5.74, 6) is -1.11. The van der Waals surface area contributed by atoms with E-state index in [0.717, 1.165) is 16.7 Å². The van der Waals surface area contributed by atoms with Gasteiger partial charge in [-0.3, -0.25) is 9.59 Å². The van der Waals surface area contributed by atoms with E-state index in [1.54, 1.807) is 16.5 Å². The van der Waals surface area contributed by atoms with Crippen LogP contribution >= 0.6 is 11.3 Å². The van der Waals surface area contributed by atoms with Gasteiger partial charge in [0.25, 0.3) is 5.91 Å². The summed E-state index contributed by atoms with van der Waals surface area (Å²) in [6, 6.07) is 7.72. The van der Waals surface area contributed by atoms with Gasteiger partial charge in [0.05, 0.1) is 6.04 Å². The molecule has 144 valence electrons. The molecule has 1 N–H and O–H groups in total. The second kappa shape index (κ2) is 8.36. The molecule has 0 aliphatic carbocycles. The minimum absolute atomic E-state index is 0.0715. The molecule has 1 aromatic heterocycles. The molecule has 28 heavy (non-hydrogen) atoms. The Balaban J connectivity index is 1.86. The Labute approximate surface area is 167 Å². The molecule has 0 radical (unpaired) electrons. The number of aryl methyl sites for hydroxylation is 1. The zero-order chi connectivity index (χ0) is 20.3. The Kier molecular flexibility index (Phi) is 5.90. The number of amides is 1. The predicted octanol–water partition coefficient (Wildman–Crippen LogP) is 3.60. The van der Waals surface area contributed by atoms with Crippen LogP contribution in [0.15, 0.2) is 35.3 Å². The second-order valence-electron chi connectivity index (χ2n) is 6.91. The van der Waals surface area contributed by atoms with Crippen molar-refractivity contribution < 1.29 is 14.7 Å². The van der Waals surface area contributed by atoms with Crippen molar-refractivity contribution in [1.29, 1.82) is 5.26 Å². The molecule has 0 bridgehead atoms. The van der Waals surface area contributed by atoms with Crippen LogP contribution in [0.3, 0.4) is 0 Å². The van der Waals surface area contributed by atoms with Gasteiger partial charge in [-0.25, -0.2) is 4.98 Å². The normalized spacial score (nSPS) is 19.0. The molecule has 1 amide bonds. The number of thiazole rings is 1. The third kappa shape index (κ3) is 4.12. The number of benzene rings is 1. The Hall–Kier alpha value is -2.98. The summed E-state index contributed by atoms with van der Waals surface area (Å²) in [7, 11) is 0. The summed E-state index contributed by atoms with van der Waals surface area (Å²) in [6.07, 6.45) is 4.43. The van der Waals surface area contributed by atoms with Crippen LogP contribution in [0.5, 0.6) is 0 Å². The monoisotopic (exact) mass is 395 g/mol. The highest BCUT2D eigenvalue weighted by Crippen LogP contribution is 2.34. The maximum absolute atomic E-state index is 13.1. The van der Waals surface area contributed by atoms with E-state index in [4.69, 9.17) is 5.11 Å². The van der Waals surface area contributed by atoms with Crippen molar-refractivity contribution in [3.63, 3.8) is 0 Å². The molecule has 1 aromatic carbocycles. The number of carboxylic acid groups (broad SMARTS) is 1. The first-order valence-electron chi connectivity index (χ1n) is 9.08. The third-order valence-corrected chi connectivity index (χ3v) is 5.72. The number of fused-ring (bicyclic) bond motifs is 1. The van der Waals surface area contributed by atoms with E-state index in [-0.39, 0.29) is 30.0 Å². The number of nitriles is 1. The quantitative estimate of drug-likeness (QED) is 0.617. The van der Waals surface area contributed by atoms with E-state index in [1.165, 1.54) is 17.4 Å². The Morgan fingerprint density at radius 3 is 2.86 bits per heavy atom. The molecule has 0 spiro atoms. The fourth-order valence-corrected chi connectivity index (χ4v) is 4.25. The van der Waals surface area contributed by atoms with Crippen molar-refractivity contribution >= 4 is 29.3 Å². The van der Waals surface area contributed by atoms with Crippen LogP contribution < -0.4 is 0 Å². The molecule has 0 saturated heterocycles. The van der Waals surface area contributed by atoms with E-state index in [2.05, 4.69) is 4.98 Å². The Morgan fingerprint density at radius 2 is 2.21 bits per heavy atom. The second-order valence-corrected chi connectivity index (χ2v) is 7.83. The predicted molar refractivity (Wildman–Crippen MR) is 107 cm³/mol. The van der Waals surface area contributed by atoms with Crippen molar-refractivity contribution in [2.45, 2.75) is 45.2 Å². The summed E-state index contributed by atoms with van der Waals surface area (Å²) in [5.41, 5.74) is 3.24. The topological polar surface area (TPSA) is 94.3 Å². The minimum atomic E-state index is -0.813. The molecule has 6 nitrogen and oxygen atoms in total. The van der Waals surface area contributed by atoms with Crippen LogP contribution in [-0.2, 0) is 22.4 Å². The van der Waals surface area contributed by atoms with Gasteiger partial charge in [-0.15, -0.1) is 11.3 Å². The number of carbonyl (C=O) groups excluding carboxylic acids is 1. The molecule has 1 aliphatic rings. The van der Waals surface area contributed by atoms with Gasteiger partial charge >= 0.3 is 5.97 Å². The number of rotatable bonds is 5. The van der Waals surface area contributed by atoms with Gasteiger partial charge in [0.15, 0.2) is 0 Å². The summed E-state index contributed by atoms with van der Waals surface area (Å²) in [6.45, 7) is 3.93. The van der Waals surface area contributed by atoms with E-state index >= 15 is 0 Å². The summed E-state index contributed by atoms with van der Waals surface area (Å²) < 4.78 is 0. The van der Waals surface area contributed by atoms with Crippen LogP contribution in [-0.4, -0.2) is 32.9 Å². The maximum atomic E-state index is 13.1. The van der Waals surface area contributed by atoms with Gasteiger partial charge < -0.3 is 10.0 Å². The molecular formula is C21H21N3O3S. The van der Waals surface area contributed by atoms with Crippen LogP contribution in [0.4, 0.5) is 0 Å². The number of carbonyl (C=O) groups is 2. The van der Waals surface area contributed by atoms with Gasteiger partial charge in [-0.1, -0.05) is 18.2 Å². The van der Waals surface area contributed by atoms with E-state index in [0.29, 0.717) is 17.8 Å². The average molecular weight is 395 g/mol. The average Bonchev–Trinajstić information content (AvgIpc) is 3.17. The number of hydrogen-bond acceptors (Lipinski definition) is 5. The molecule has 2 atom stereocenters. The van der Waals surface area contributed by atoms with E-state index in [9.17, 15) is 14.9 Å². The number of aromatic nitrogens is 1. The highest BCUT2D eigenvalue weighted by atomic mass is 32.1. The van der Waals surface area contributed by atoms with Gasteiger partial charge in [0.2, 0.25) is 0 Å². The van der Waals surface area contributed by atoms with Crippen molar-refractivity contribution in [2.24, 2.45) is 0 Å². The van der Waals surface area contributed by atoms with Crippen LogP contribution in [0.1, 0.15) is 48.0 Å². The minimum Gasteiger partial charge on any atom is -0.481 e. The van der Waals surface area contributed by atoms with Gasteiger partial charge in [0.1, 0.15) is 16.6 Å². The van der Waals surface area contributed by atoms with Crippen molar-refractivity contribution in [1.82, 2.24) is 9.88 Å². The summed E-state index contributed by atoms with van der Waals surface area (Å²) >= 11 is 1.38. The SMILES string of the molecule is CC1Cc2cc(CCC(=O)O)ccc2C(C)N1C(=O)/C(C#N)=C/c1nccs1.